The van der Waals surface area contributed by atoms with Gasteiger partial charge in [0.25, 0.3) is 0 Å². The van der Waals surface area contributed by atoms with E-state index in [1.165, 1.54) is 63.5 Å². The Morgan fingerprint density at radius 2 is 1.60 bits per heavy atom. The maximum absolute atomic E-state index is 6.19. The van der Waals surface area contributed by atoms with Crippen molar-refractivity contribution in [2.24, 2.45) is 4.99 Å². The quantitative estimate of drug-likeness (QED) is 0.216. The Balaban J connectivity index is 1.31. The summed E-state index contributed by atoms with van der Waals surface area (Å²) in [5.74, 6) is 0.800. The van der Waals surface area contributed by atoms with E-state index in [4.69, 9.17) is 9.73 Å². The standard InChI is InChI=1S/C31H39N3O/c1-2-3-4-5-6-7-8-9-13-17-26-19-20-27(33-26)22-30-31(35-24-25-15-11-10-12-16-25)23-29(34-30)28-18-14-21-32-28/h10-12,14-16,18-23,32-33H,2-9,13,17,24H2,1H3/b30-22+. The van der Waals surface area contributed by atoms with Crippen LogP contribution in [0.1, 0.15) is 87.4 Å². The number of nitrogens with zero attached hydrogens (tertiary/aromatic N) is 1. The fraction of sp³-hybridized carbons (Fsp3) is 0.387. The molecule has 3 aromatic rings. The predicted octanol–water partition coefficient (Wildman–Crippen LogP) is 8.36. The van der Waals surface area contributed by atoms with Gasteiger partial charge in [0.05, 0.1) is 11.4 Å². The van der Waals surface area contributed by atoms with Crippen LogP contribution in [0.25, 0.3) is 6.08 Å². The summed E-state index contributed by atoms with van der Waals surface area (Å²) in [6.07, 6.45) is 19.3. The summed E-state index contributed by atoms with van der Waals surface area (Å²) in [7, 11) is 0. The van der Waals surface area contributed by atoms with Crippen LogP contribution < -0.4 is 0 Å². The smallest absolute Gasteiger partial charge is 0.147 e. The Morgan fingerprint density at radius 1 is 0.829 bits per heavy atom. The molecule has 2 aromatic heterocycles. The van der Waals surface area contributed by atoms with Gasteiger partial charge in [-0.25, -0.2) is 4.99 Å². The molecule has 0 unspecified atom stereocenters. The molecular weight excluding hydrogens is 430 g/mol. The highest BCUT2D eigenvalue weighted by Gasteiger charge is 2.18. The predicted molar refractivity (Wildman–Crippen MR) is 146 cm³/mol. The van der Waals surface area contributed by atoms with Crippen LogP contribution in [0.15, 0.2) is 83.3 Å². The largest absolute Gasteiger partial charge is 0.487 e. The first-order chi connectivity index (χ1) is 17.3. The van der Waals surface area contributed by atoms with Crippen molar-refractivity contribution in [3.63, 3.8) is 0 Å². The van der Waals surface area contributed by atoms with E-state index in [-0.39, 0.29) is 0 Å². The van der Waals surface area contributed by atoms with Crippen molar-refractivity contribution < 1.29 is 4.74 Å². The van der Waals surface area contributed by atoms with E-state index in [0.717, 1.165) is 40.5 Å². The van der Waals surface area contributed by atoms with Crippen molar-refractivity contribution in [1.82, 2.24) is 9.97 Å². The molecule has 4 nitrogen and oxygen atoms in total. The van der Waals surface area contributed by atoms with E-state index in [1.807, 2.05) is 42.6 Å². The molecule has 0 atom stereocenters. The molecule has 4 rings (SSSR count). The van der Waals surface area contributed by atoms with Gasteiger partial charge in [0.2, 0.25) is 0 Å². The molecule has 0 saturated carbocycles. The number of nitrogens with one attached hydrogen (secondary N) is 2. The Kier molecular flexibility index (Phi) is 9.64. The third-order valence-corrected chi connectivity index (χ3v) is 6.48. The molecule has 0 spiro atoms. The normalized spacial score (nSPS) is 14.4. The fourth-order valence-electron chi connectivity index (χ4n) is 4.46. The van der Waals surface area contributed by atoms with Crippen molar-refractivity contribution in [1.29, 1.82) is 0 Å². The maximum atomic E-state index is 6.19. The second-order valence-electron chi connectivity index (χ2n) is 9.41. The van der Waals surface area contributed by atoms with E-state index in [2.05, 4.69) is 47.2 Å². The number of unbranched alkanes of at least 4 members (excludes halogenated alkanes) is 8. The monoisotopic (exact) mass is 469 g/mol. The Bertz CT molecular complexity index is 1100. The van der Waals surface area contributed by atoms with Gasteiger partial charge in [0.1, 0.15) is 18.1 Å². The molecule has 3 heterocycles. The lowest BCUT2D eigenvalue weighted by atomic mass is 10.1. The Morgan fingerprint density at radius 3 is 2.34 bits per heavy atom. The highest BCUT2D eigenvalue weighted by molar-refractivity contribution is 6.11. The number of ether oxygens (including phenoxy) is 1. The maximum Gasteiger partial charge on any atom is 0.147 e. The first-order valence-electron chi connectivity index (χ1n) is 13.3. The molecule has 0 aliphatic carbocycles. The number of aryl methyl sites for hydroxylation is 1. The average Bonchev–Trinajstić information content (AvgIpc) is 3.64. The van der Waals surface area contributed by atoms with Crippen LogP contribution in [-0.2, 0) is 17.8 Å². The molecule has 4 heteroatoms. The molecule has 0 fully saturated rings. The molecule has 1 aromatic carbocycles. The minimum atomic E-state index is 0.520. The first-order valence-corrected chi connectivity index (χ1v) is 13.3. The van der Waals surface area contributed by atoms with Crippen LogP contribution in [0.3, 0.4) is 0 Å². The summed E-state index contributed by atoms with van der Waals surface area (Å²) >= 11 is 0. The first kappa shape index (κ1) is 24.8. The molecule has 35 heavy (non-hydrogen) atoms. The second kappa shape index (κ2) is 13.6. The average molecular weight is 470 g/mol. The van der Waals surface area contributed by atoms with Gasteiger partial charge in [-0.2, -0.15) is 0 Å². The number of hydrogen-bond acceptors (Lipinski definition) is 2. The Labute approximate surface area is 210 Å². The van der Waals surface area contributed by atoms with Gasteiger partial charge in [-0.1, -0.05) is 88.6 Å². The van der Waals surface area contributed by atoms with E-state index >= 15 is 0 Å². The molecule has 0 bridgehead atoms. The van der Waals surface area contributed by atoms with E-state index < -0.39 is 0 Å². The minimum Gasteiger partial charge on any atom is -0.487 e. The summed E-state index contributed by atoms with van der Waals surface area (Å²) in [6, 6.07) is 18.6. The molecule has 0 saturated heterocycles. The summed E-state index contributed by atoms with van der Waals surface area (Å²) in [6.45, 7) is 2.80. The van der Waals surface area contributed by atoms with Gasteiger partial charge < -0.3 is 14.7 Å². The number of hydrogen-bond donors (Lipinski definition) is 2. The highest BCUT2D eigenvalue weighted by atomic mass is 16.5. The van der Waals surface area contributed by atoms with Crippen molar-refractivity contribution in [2.75, 3.05) is 0 Å². The van der Waals surface area contributed by atoms with Crippen LogP contribution in [-0.4, -0.2) is 15.7 Å². The third kappa shape index (κ3) is 7.88. The van der Waals surface area contributed by atoms with Gasteiger partial charge in [0.15, 0.2) is 0 Å². The molecule has 1 aliphatic heterocycles. The van der Waals surface area contributed by atoms with Crippen molar-refractivity contribution in [3.8, 4) is 0 Å². The third-order valence-electron chi connectivity index (χ3n) is 6.48. The zero-order chi connectivity index (χ0) is 24.1. The van der Waals surface area contributed by atoms with Gasteiger partial charge in [-0.05, 0) is 48.7 Å². The topological polar surface area (TPSA) is 53.2 Å². The van der Waals surface area contributed by atoms with Crippen LogP contribution in [0.4, 0.5) is 0 Å². The fourth-order valence-corrected chi connectivity index (χ4v) is 4.46. The van der Waals surface area contributed by atoms with Crippen LogP contribution in [0, 0.1) is 0 Å². The van der Waals surface area contributed by atoms with Gasteiger partial charge in [0, 0.05) is 23.7 Å². The van der Waals surface area contributed by atoms with Crippen molar-refractivity contribution in [2.45, 2.75) is 77.7 Å². The van der Waals surface area contributed by atoms with Crippen molar-refractivity contribution in [3.05, 3.63) is 101 Å². The molecule has 2 N–H and O–H groups in total. The van der Waals surface area contributed by atoms with E-state index in [1.54, 1.807) is 0 Å². The van der Waals surface area contributed by atoms with Crippen LogP contribution in [0.5, 0.6) is 0 Å². The second-order valence-corrected chi connectivity index (χ2v) is 9.41. The number of aliphatic imine (C=N–C) groups is 1. The lowest BCUT2D eigenvalue weighted by Crippen LogP contribution is -1.95. The highest BCUT2D eigenvalue weighted by Crippen LogP contribution is 2.26. The summed E-state index contributed by atoms with van der Waals surface area (Å²) < 4.78 is 6.19. The number of benzene rings is 1. The number of aromatic nitrogens is 2. The van der Waals surface area contributed by atoms with Gasteiger partial charge >= 0.3 is 0 Å². The van der Waals surface area contributed by atoms with Crippen LogP contribution in [0.2, 0.25) is 0 Å². The number of aromatic amines is 2. The number of allylic oxidation sites excluding steroid dienone is 1. The number of H-pyrrole nitrogens is 2. The summed E-state index contributed by atoms with van der Waals surface area (Å²) in [4.78, 5) is 11.7. The van der Waals surface area contributed by atoms with Gasteiger partial charge in [-0.3, -0.25) is 0 Å². The number of rotatable bonds is 15. The SMILES string of the molecule is CCCCCCCCCCCc1ccc(/C=C2/N=C(c3ccc[nH]3)C=C2OCc2ccccc2)[nH]1. The zero-order valence-electron chi connectivity index (χ0n) is 21.1. The van der Waals surface area contributed by atoms with E-state index in [0.29, 0.717) is 6.61 Å². The van der Waals surface area contributed by atoms with Crippen molar-refractivity contribution >= 4 is 11.8 Å². The Hall–Kier alpha value is -3.27. The lowest BCUT2D eigenvalue weighted by Gasteiger charge is -2.08. The molecular formula is C31H39N3O. The summed E-state index contributed by atoms with van der Waals surface area (Å²) in [5.41, 5.74) is 6.24. The minimum absolute atomic E-state index is 0.520. The summed E-state index contributed by atoms with van der Waals surface area (Å²) in [5, 5.41) is 0. The zero-order valence-corrected chi connectivity index (χ0v) is 21.1. The van der Waals surface area contributed by atoms with Gasteiger partial charge in [-0.15, -0.1) is 0 Å². The molecule has 1 aliphatic rings. The molecule has 0 amide bonds. The lowest BCUT2D eigenvalue weighted by molar-refractivity contribution is 0.208. The molecule has 0 radical (unpaired) electrons. The van der Waals surface area contributed by atoms with Crippen LogP contribution >= 0.6 is 0 Å². The molecule has 184 valence electrons. The van der Waals surface area contributed by atoms with E-state index in [9.17, 15) is 0 Å².